The summed E-state index contributed by atoms with van der Waals surface area (Å²) in [6, 6.07) is 8.32. The van der Waals surface area contributed by atoms with Gasteiger partial charge in [0.2, 0.25) is 5.95 Å². The SMILES string of the molecule is CC1(C)CCN(c2c(-c3ccc4c(c3)CCN(c3nccc(-c5cnccn5)n3)C4)cnc(Cl)c2CC(=O)O)CC1. The van der Waals surface area contributed by atoms with Gasteiger partial charge in [-0.05, 0) is 47.4 Å². The molecule has 0 amide bonds. The molecule has 6 rings (SSSR count). The van der Waals surface area contributed by atoms with E-state index in [1.54, 1.807) is 31.0 Å². The van der Waals surface area contributed by atoms with Crippen molar-refractivity contribution < 1.29 is 9.90 Å². The number of anilines is 2. The van der Waals surface area contributed by atoms with E-state index in [9.17, 15) is 9.90 Å². The number of aliphatic carboxylic acids is 1. The first-order valence-electron chi connectivity index (χ1n) is 13.9. The molecule has 1 aromatic carbocycles. The predicted molar refractivity (Wildman–Crippen MR) is 159 cm³/mol. The van der Waals surface area contributed by atoms with Gasteiger partial charge in [0.15, 0.2) is 0 Å². The van der Waals surface area contributed by atoms with E-state index in [1.807, 2.05) is 6.07 Å². The molecule has 0 saturated carbocycles. The molecule has 1 saturated heterocycles. The summed E-state index contributed by atoms with van der Waals surface area (Å²) in [6.45, 7) is 7.73. The second-order valence-electron chi connectivity index (χ2n) is 11.5. The van der Waals surface area contributed by atoms with Crippen LogP contribution in [0.5, 0.6) is 0 Å². The van der Waals surface area contributed by atoms with Crippen molar-refractivity contribution in [3.8, 4) is 22.5 Å². The molecule has 210 valence electrons. The monoisotopic (exact) mass is 569 g/mol. The van der Waals surface area contributed by atoms with Crippen LogP contribution in [0.1, 0.15) is 43.4 Å². The Balaban J connectivity index is 1.31. The molecule has 41 heavy (non-hydrogen) atoms. The van der Waals surface area contributed by atoms with Crippen LogP contribution in [0.3, 0.4) is 0 Å². The van der Waals surface area contributed by atoms with Crippen LogP contribution in [0.15, 0.2) is 55.2 Å². The summed E-state index contributed by atoms with van der Waals surface area (Å²) in [7, 11) is 0. The van der Waals surface area contributed by atoms with Crippen molar-refractivity contribution >= 4 is 29.2 Å². The van der Waals surface area contributed by atoms with E-state index in [4.69, 9.17) is 16.6 Å². The molecule has 2 aliphatic rings. The Bertz CT molecular complexity index is 1590. The average molecular weight is 570 g/mol. The molecule has 2 aliphatic heterocycles. The number of piperidine rings is 1. The Labute approximate surface area is 244 Å². The van der Waals surface area contributed by atoms with Gasteiger partial charge in [0, 0.05) is 62.1 Å². The molecule has 0 unspecified atom stereocenters. The molecule has 10 heteroatoms. The minimum absolute atomic E-state index is 0.164. The number of hydrogen-bond donors (Lipinski definition) is 1. The quantitative estimate of drug-likeness (QED) is 0.302. The highest BCUT2D eigenvalue weighted by Crippen LogP contribution is 2.41. The standard InChI is InChI=1S/C31H32ClN7O2/c1-31(2)7-13-38(14-8-31)28-23(16-27(40)41)29(32)36-17-24(28)21-3-4-22-19-39(12-6-20(22)15-21)30-35-9-5-25(37-30)26-18-33-10-11-34-26/h3-5,9-11,15,17-18H,6-8,12-14,16,19H2,1-2H3,(H,40,41). The summed E-state index contributed by atoms with van der Waals surface area (Å²) in [5.41, 5.74) is 7.61. The van der Waals surface area contributed by atoms with Crippen molar-refractivity contribution in [1.82, 2.24) is 24.9 Å². The lowest BCUT2D eigenvalue weighted by molar-refractivity contribution is -0.136. The van der Waals surface area contributed by atoms with Gasteiger partial charge in [0.05, 0.1) is 24.0 Å². The highest BCUT2D eigenvalue weighted by molar-refractivity contribution is 6.31. The Morgan fingerprint density at radius 2 is 1.78 bits per heavy atom. The smallest absolute Gasteiger partial charge is 0.308 e. The van der Waals surface area contributed by atoms with Crippen LogP contribution in [0.25, 0.3) is 22.5 Å². The zero-order chi connectivity index (χ0) is 28.6. The third kappa shape index (κ3) is 5.72. The van der Waals surface area contributed by atoms with Gasteiger partial charge in [-0.3, -0.25) is 14.8 Å². The third-order valence-corrected chi connectivity index (χ3v) is 8.46. The minimum atomic E-state index is -0.916. The molecule has 4 aromatic rings. The number of halogens is 1. The largest absolute Gasteiger partial charge is 0.481 e. The number of rotatable bonds is 6. The summed E-state index contributed by atoms with van der Waals surface area (Å²) in [5, 5.41) is 9.95. The number of fused-ring (bicyclic) bond motifs is 1. The first-order valence-corrected chi connectivity index (χ1v) is 14.3. The summed E-state index contributed by atoms with van der Waals surface area (Å²) in [6.07, 6.45) is 11.3. The van der Waals surface area contributed by atoms with Gasteiger partial charge in [-0.2, -0.15) is 0 Å². The van der Waals surface area contributed by atoms with Crippen LogP contribution in [-0.2, 0) is 24.2 Å². The van der Waals surface area contributed by atoms with E-state index in [1.165, 1.54) is 11.1 Å². The Morgan fingerprint density at radius 1 is 0.951 bits per heavy atom. The van der Waals surface area contributed by atoms with Crippen LogP contribution >= 0.6 is 11.6 Å². The Morgan fingerprint density at radius 3 is 2.54 bits per heavy atom. The highest BCUT2D eigenvalue weighted by Gasteiger charge is 2.30. The Kier molecular flexibility index (Phi) is 7.30. The molecule has 9 nitrogen and oxygen atoms in total. The van der Waals surface area contributed by atoms with Crippen LogP contribution in [0.2, 0.25) is 5.15 Å². The first-order chi connectivity index (χ1) is 19.8. The van der Waals surface area contributed by atoms with Crippen LogP contribution in [0.4, 0.5) is 11.6 Å². The molecule has 5 heterocycles. The van der Waals surface area contributed by atoms with Crippen molar-refractivity contribution in [3.05, 3.63) is 77.1 Å². The van der Waals surface area contributed by atoms with E-state index in [0.29, 0.717) is 23.8 Å². The maximum Gasteiger partial charge on any atom is 0.308 e. The van der Waals surface area contributed by atoms with E-state index >= 15 is 0 Å². The normalized spacial score (nSPS) is 16.4. The Hall–Kier alpha value is -4.11. The summed E-state index contributed by atoms with van der Waals surface area (Å²) in [4.78, 5) is 38.5. The molecular weight excluding hydrogens is 538 g/mol. The number of carboxylic acid groups (broad SMARTS) is 1. The maximum absolute atomic E-state index is 11.8. The lowest BCUT2D eigenvalue weighted by Gasteiger charge is -2.40. The van der Waals surface area contributed by atoms with Crippen molar-refractivity contribution in [1.29, 1.82) is 0 Å². The fourth-order valence-electron chi connectivity index (χ4n) is 5.70. The predicted octanol–water partition coefficient (Wildman–Crippen LogP) is 5.47. The first kappa shape index (κ1) is 27.1. The van der Waals surface area contributed by atoms with Crippen molar-refractivity contribution in [3.63, 3.8) is 0 Å². The summed E-state index contributed by atoms with van der Waals surface area (Å²) < 4.78 is 0. The topological polar surface area (TPSA) is 108 Å². The van der Waals surface area contributed by atoms with Crippen molar-refractivity contribution in [2.75, 3.05) is 29.4 Å². The molecule has 1 fully saturated rings. The van der Waals surface area contributed by atoms with Crippen molar-refractivity contribution in [2.24, 2.45) is 5.41 Å². The second-order valence-corrected chi connectivity index (χ2v) is 11.9. The van der Waals surface area contributed by atoms with Gasteiger partial charge in [-0.25, -0.2) is 15.0 Å². The van der Waals surface area contributed by atoms with Gasteiger partial charge in [0.25, 0.3) is 0 Å². The minimum Gasteiger partial charge on any atom is -0.481 e. The number of carbonyl (C=O) groups is 1. The summed E-state index contributed by atoms with van der Waals surface area (Å²) in [5.74, 6) is -0.251. The van der Waals surface area contributed by atoms with E-state index < -0.39 is 5.97 Å². The van der Waals surface area contributed by atoms with Gasteiger partial charge < -0.3 is 14.9 Å². The number of nitrogens with zero attached hydrogens (tertiary/aromatic N) is 7. The number of benzene rings is 1. The lowest BCUT2D eigenvalue weighted by atomic mass is 9.82. The fourth-order valence-corrected chi connectivity index (χ4v) is 5.91. The van der Waals surface area contributed by atoms with E-state index in [2.05, 4.69) is 61.8 Å². The van der Waals surface area contributed by atoms with Gasteiger partial charge in [0.1, 0.15) is 10.8 Å². The molecule has 0 bridgehead atoms. The molecule has 0 aliphatic carbocycles. The van der Waals surface area contributed by atoms with Gasteiger partial charge in [-0.1, -0.05) is 43.6 Å². The molecule has 0 atom stereocenters. The highest BCUT2D eigenvalue weighted by atomic mass is 35.5. The maximum atomic E-state index is 11.8. The zero-order valence-electron chi connectivity index (χ0n) is 23.2. The zero-order valence-corrected chi connectivity index (χ0v) is 24.0. The van der Waals surface area contributed by atoms with Gasteiger partial charge in [-0.15, -0.1) is 0 Å². The van der Waals surface area contributed by atoms with Gasteiger partial charge >= 0.3 is 5.97 Å². The number of hydrogen-bond acceptors (Lipinski definition) is 8. The molecule has 3 aromatic heterocycles. The second kappa shape index (κ2) is 11.0. The number of carboxylic acids is 1. The average Bonchev–Trinajstić information content (AvgIpc) is 2.98. The van der Waals surface area contributed by atoms with E-state index in [0.717, 1.165) is 61.4 Å². The number of aromatic nitrogens is 5. The number of pyridine rings is 1. The molecule has 0 radical (unpaired) electrons. The van der Waals surface area contributed by atoms with Crippen LogP contribution in [-0.4, -0.2) is 55.6 Å². The molecule has 0 spiro atoms. The van der Waals surface area contributed by atoms with Crippen molar-refractivity contribution in [2.45, 2.75) is 46.1 Å². The van der Waals surface area contributed by atoms with Crippen LogP contribution < -0.4 is 9.80 Å². The molecular formula is C31H32ClN7O2. The lowest BCUT2D eigenvalue weighted by Crippen LogP contribution is -2.38. The molecule has 1 N–H and O–H groups in total. The van der Waals surface area contributed by atoms with E-state index in [-0.39, 0.29) is 17.0 Å². The third-order valence-electron chi connectivity index (χ3n) is 8.14. The summed E-state index contributed by atoms with van der Waals surface area (Å²) >= 11 is 6.52. The van der Waals surface area contributed by atoms with Crippen LogP contribution in [0, 0.1) is 5.41 Å². The fraction of sp³-hybridized carbons (Fsp3) is 0.355.